The zero-order chi connectivity index (χ0) is 15.3. The summed E-state index contributed by atoms with van der Waals surface area (Å²) in [6.45, 7) is 3.90. The number of benzene rings is 1. The number of amides is 1. The molecule has 1 amide bonds. The Balaban J connectivity index is 2.92. The quantitative estimate of drug-likeness (QED) is 0.641. The number of rotatable bonds is 6. The smallest absolute Gasteiger partial charge is 0.305 e. The van der Waals surface area contributed by atoms with Crippen molar-refractivity contribution in [2.24, 2.45) is 0 Å². The van der Waals surface area contributed by atoms with E-state index in [9.17, 15) is 23.7 Å². The first-order valence-corrected chi connectivity index (χ1v) is 5.90. The van der Waals surface area contributed by atoms with Crippen LogP contribution in [0.3, 0.4) is 0 Å². The van der Waals surface area contributed by atoms with Crippen LogP contribution in [0.25, 0.3) is 0 Å². The molecule has 1 aromatic carbocycles. The van der Waals surface area contributed by atoms with Crippen molar-refractivity contribution in [3.05, 3.63) is 39.4 Å². The van der Waals surface area contributed by atoms with Gasteiger partial charge in [0.2, 0.25) is 5.82 Å². The monoisotopic (exact) mass is 288 g/mol. The first kappa shape index (κ1) is 16.0. The Morgan fingerprint density at radius 1 is 1.50 bits per heavy atom. The van der Waals surface area contributed by atoms with Crippen LogP contribution < -0.4 is 5.32 Å². The molecule has 1 N–H and O–H groups in total. The van der Waals surface area contributed by atoms with Gasteiger partial charge in [-0.1, -0.05) is 0 Å². The lowest BCUT2D eigenvalue weighted by molar-refractivity contribution is -0.387. The maximum Gasteiger partial charge on any atom is 0.305 e. The van der Waals surface area contributed by atoms with Crippen LogP contribution >= 0.6 is 0 Å². The van der Waals surface area contributed by atoms with E-state index in [1.165, 1.54) is 0 Å². The summed E-state index contributed by atoms with van der Waals surface area (Å²) in [4.78, 5) is 21.2. The average molecular weight is 288 g/mol. The van der Waals surface area contributed by atoms with Crippen LogP contribution in [0, 0.1) is 21.7 Å². The molecular formula is C12H14F2N2O4. The average Bonchev–Trinajstić information content (AvgIpc) is 2.36. The Morgan fingerprint density at radius 3 is 2.70 bits per heavy atom. The third kappa shape index (κ3) is 3.70. The molecule has 110 valence electrons. The highest BCUT2D eigenvalue weighted by Crippen LogP contribution is 2.22. The van der Waals surface area contributed by atoms with E-state index < -0.39 is 33.7 Å². The Bertz CT molecular complexity index is 522. The highest BCUT2D eigenvalue weighted by Gasteiger charge is 2.26. The maximum atomic E-state index is 13.7. The predicted molar refractivity (Wildman–Crippen MR) is 66.4 cm³/mol. The van der Waals surface area contributed by atoms with Crippen molar-refractivity contribution in [3.8, 4) is 0 Å². The number of nitro groups is 1. The molecule has 0 saturated carbocycles. The molecule has 0 aliphatic heterocycles. The van der Waals surface area contributed by atoms with Gasteiger partial charge in [0, 0.05) is 19.2 Å². The van der Waals surface area contributed by atoms with Gasteiger partial charge in [0.05, 0.1) is 11.0 Å². The summed E-state index contributed by atoms with van der Waals surface area (Å²) in [5.74, 6) is -3.71. The zero-order valence-corrected chi connectivity index (χ0v) is 11.0. The van der Waals surface area contributed by atoms with Crippen molar-refractivity contribution in [3.63, 3.8) is 0 Å². The first-order chi connectivity index (χ1) is 9.38. The minimum atomic E-state index is -1.49. The van der Waals surface area contributed by atoms with Crippen LogP contribution in [0.2, 0.25) is 0 Å². The van der Waals surface area contributed by atoms with Crippen molar-refractivity contribution in [2.75, 3.05) is 13.2 Å². The number of nitrogens with one attached hydrogen (secondary N) is 1. The van der Waals surface area contributed by atoms with Crippen LogP contribution in [0.1, 0.15) is 24.2 Å². The molecule has 0 saturated heterocycles. The Hall–Kier alpha value is -2.09. The third-order valence-corrected chi connectivity index (χ3v) is 2.50. The van der Waals surface area contributed by atoms with E-state index in [1.54, 1.807) is 13.8 Å². The first-order valence-electron chi connectivity index (χ1n) is 5.90. The van der Waals surface area contributed by atoms with E-state index in [2.05, 4.69) is 5.32 Å². The lowest BCUT2D eigenvalue weighted by Gasteiger charge is -2.13. The molecule has 20 heavy (non-hydrogen) atoms. The van der Waals surface area contributed by atoms with Gasteiger partial charge in [-0.05, 0) is 19.9 Å². The fraction of sp³-hybridized carbons (Fsp3) is 0.417. The van der Waals surface area contributed by atoms with Gasteiger partial charge < -0.3 is 10.1 Å². The second-order valence-corrected chi connectivity index (χ2v) is 3.99. The largest absolute Gasteiger partial charge is 0.377 e. The highest BCUT2D eigenvalue weighted by atomic mass is 19.1. The van der Waals surface area contributed by atoms with Crippen molar-refractivity contribution in [1.82, 2.24) is 5.32 Å². The molecule has 0 aliphatic carbocycles. The molecule has 8 heteroatoms. The number of nitrogens with zero attached hydrogens (tertiary/aromatic N) is 1. The van der Waals surface area contributed by atoms with Crippen molar-refractivity contribution < 1.29 is 23.2 Å². The number of hydrogen-bond acceptors (Lipinski definition) is 4. The van der Waals surface area contributed by atoms with E-state index in [4.69, 9.17) is 4.74 Å². The second kappa shape index (κ2) is 6.90. The molecule has 0 heterocycles. The third-order valence-electron chi connectivity index (χ3n) is 2.50. The number of halogens is 2. The van der Waals surface area contributed by atoms with Gasteiger partial charge in [-0.2, -0.15) is 4.39 Å². The standard InChI is InChI=1S/C12H14F2N2O4/c1-3-20-7(2)6-15-12(17)10-8(13)4-5-9(11(10)14)16(18)19/h4-5,7H,3,6H2,1-2H3,(H,15,17). The topological polar surface area (TPSA) is 81.5 Å². The summed E-state index contributed by atoms with van der Waals surface area (Å²) in [7, 11) is 0. The summed E-state index contributed by atoms with van der Waals surface area (Å²) in [5, 5.41) is 12.8. The van der Waals surface area contributed by atoms with Crippen LogP contribution in [-0.4, -0.2) is 30.1 Å². The Morgan fingerprint density at radius 2 is 2.15 bits per heavy atom. The molecule has 0 fully saturated rings. The minimum Gasteiger partial charge on any atom is -0.377 e. The van der Waals surface area contributed by atoms with Gasteiger partial charge in [0.25, 0.3) is 5.91 Å². The van der Waals surface area contributed by atoms with Crippen LogP contribution in [0.4, 0.5) is 14.5 Å². The number of carbonyl (C=O) groups is 1. The van der Waals surface area contributed by atoms with Gasteiger partial charge >= 0.3 is 5.69 Å². The SMILES string of the molecule is CCOC(C)CNC(=O)c1c(F)ccc([N+](=O)[O-])c1F. The predicted octanol–water partition coefficient (Wildman–Crippen LogP) is 2.03. The van der Waals surface area contributed by atoms with E-state index >= 15 is 0 Å². The molecule has 1 rings (SSSR count). The number of ether oxygens (including phenoxy) is 1. The summed E-state index contributed by atoms with van der Waals surface area (Å²) < 4.78 is 32.3. The van der Waals surface area contributed by atoms with Gasteiger partial charge in [-0.3, -0.25) is 14.9 Å². The molecule has 0 radical (unpaired) electrons. The molecule has 1 unspecified atom stereocenters. The van der Waals surface area contributed by atoms with E-state index in [1.807, 2.05) is 0 Å². The van der Waals surface area contributed by atoms with Crippen molar-refractivity contribution in [1.29, 1.82) is 0 Å². The Kier molecular flexibility index (Phi) is 5.51. The summed E-state index contributed by atoms with van der Waals surface area (Å²) in [6.07, 6.45) is -0.339. The number of nitro benzene ring substituents is 1. The van der Waals surface area contributed by atoms with Gasteiger partial charge in [-0.25, -0.2) is 4.39 Å². The second-order valence-electron chi connectivity index (χ2n) is 3.99. The van der Waals surface area contributed by atoms with Gasteiger partial charge in [0.1, 0.15) is 11.4 Å². The van der Waals surface area contributed by atoms with Gasteiger partial charge in [-0.15, -0.1) is 0 Å². The van der Waals surface area contributed by atoms with Crippen molar-refractivity contribution >= 4 is 11.6 Å². The lowest BCUT2D eigenvalue weighted by atomic mass is 10.1. The van der Waals surface area contributed by atoms with E-state index in [-0.39, 0.29) is 12.6 Å². The Labute approximate surface area is 113 Å². The molecule has 0 spiro atoms. The maximum absolute atomic E-state index is 13.7. The lowest BCUT2D eigenvalue weighted by Crippen LogP contribution is -2.33. The fourth-order valence-electron chi connectivity index (χ4n) is 1.56. The molecule has 0 aliphatic rings. The summed E-state index contributed by atoms with van der Waals surface area (Å²) in [5.41, 5.74) is -1.92. The molecule has 0 aromatic heterocycles. The molecule has 1 atom stereocenters. The van der Waals surface area contributed by atoms with Crippen LogP contribution in [0.5, 0.6) is 0 Å². The zero-order valence-electron chi connectivity index (χ0n) is 11.0. The van der Waals surface area contributed by atoms with Crippen LogP contribution in [-0.2, 0) is 4.74 Å². The molecule has 6 nitrogen and oxygen atoms in total. The summed E-state index contributed by atoms with van der Waals surface area (Å²) in [6, 6.07) is 1.35. The minimum absolute atomic E-state index is 0.0360. The highest BCUT2D eigenvalue weighted by molar-refractivity contribution is 5.95. The van der Waals surface area contributed by atoms with E-state index in [0.717, 1.165) is 0 Å². The van der Waals surface area contributed by atoms with Crippen molar-refractivity contribution in [2.45, 2.75) is 20.0 Å². The van der Waals surface area contributed by atoms with E-state index in [0.29, 0.717) is 18.7 Å². The number of hydrogen-bond donors (Lipinski definition) is 1. The normalized spacial score (nSPS) is 12.0. The molecular weight excluding hydrogens is 274 g/mol. The molecule has 1 aromatic rings. The number of carbonyl (C=O) groups excluding carboxylic acids is 1. The van der Waals surface area contributed by atoms with Crippen LogP contribution in [0.15, 0.2) is 12.1 Å². The fourth-order valence-corrected chi connectivity index (χ4v) is 1.56. The molecule has 0 bridgehead atoms. The summed E-state index contributed by atoms with van der Waals surface area (Å²) >= 11 is 0. The van der Waals surface area contributed by atoms with Gasteiger partial charge in [0.15, 0.2) is 0 Å².